The van der Waals surface area contributed by atoms with Gasteiger partial charge in [-0.05, 0) is 6.92 Å². The van der Waals surface area contributed by atoms with Crippen LogP contribution in [0.25, 0.3) is 0 Å². The van der Waals surface area contributed by atoms with E-state index in [0.29, 0.717) is 0 Å². The van der Waals surface area contributed by atoms with Crippen molar-refractivity contribution < 1.29 is 15.0 Å². The molecule has 0 saturated heterocycles. The maximum Gasteiger partial charge on any atom is 0.205 e. The summed E-state index contributed by atoms with van der Waals surface area (Å²) in [5.41, 5.74) is 0. The Morgan fingerprint density at radius 2 is 2.29 bits per heavy atom. The maximum absolute atomic E-state index is 9.37. The third kappa shape index (κ3) is 1.98. The van der Waals surface area contributed by atoms with E-state index in [-0.39, 0.29) is 0 Å². The molecule has 1 unspecified atom stereocenters. The minimum Gasteiger partial charge on any atom is -0.500 e. The lowest BCUT2D eigenvalue weighted by Crippen LogP contribution is -2.03. The van der Waals surface area contributed by atoms with E-state index < -0.39 is 11.9 Å². The molecule has 0 aliphatic heterocycles. The van der Waals surface area contributed by atoms with Crippen molar-refractivity contribution in [3.8, 4) is 0 Å². The van der Waals surface area contributed by atoms with Crippen molar-refractivity contribution in [3.05, 3.63) is 5.76 Å². The first-order chi connectivity index (χ1) is 3.18. The third-order valence-electron chi connectivity index (χ3n) is 0.500. The van der Waals surface area contributed by atoms with Gasteiger partial charge in [0.05, 0.1) is 0 Å². The molecule has 0 aromatic carbocycles. The Kier molecular flexibility index (Phi) is 2.12. The predicted octanol–water partition coefficient (Wildman–Crippen LogP) is -0.359. The molecule has 40 valence electrons. The fourth-order valence-corrected chi connectivity index (χ4v) is 0.0853. The van der Waals surface area contributed by atoms with Crippen LogP contribution in [0, 0.1) is 0 Å². The zero-order valence-electron chi connectivity index (χ0n) is 3.88. The van der Waals surface area contributed by atoms with Gasteiger partial charge in [-0.15, -0.1) is 0 Å². The molecule has 0 heterocycles. The van der Waals surface area contributed by atoms with Crippen molar-refractivity contribution in [2.24, 2.45) is 0 Å². The Morgan fingerprint density at radius 3 is 2.29 bits per heavy atom. The van der Waals surface area contributed by atoms with E-state index in [1.165, 1.54) is 6.92 Å². The number of hydrogen-bond donors (Lipinski definition) is 2. The minimum absolute atomic E-state index is 0.653. The van der Waals surface area contributed by atoms with Crippen molar-refractivity contribution in [2.75, 3.05) is 0 Å². The number of carbonyl (C=O) groups excluding carboxylic acids is 1. The van der Waals surface area contributed by atoms with Crippen LogP contribution >= 0.6 is 0 Å². The number of rotatable bonds is 1. The molecular weight excluding hydrogens is 96.0 g/mol. The Hall–Kier alpha value is -0.790. The Morgan fingerprint density at radius 1 is 1.86 bits per heavy atom. The summed E-state index contributed by atoms with van der Waals surface area (Å²) in [6, 6.07) is 0. The summed E-state index contributed by atoms with van der Waals surface area (Å²) in [6.45, 7) is 1.28. The van der Waals surface area contributed by atoms with Gasteiger partial charge in [-0.25, -0.2) is 4.79 Å². The molecule has 0 spiro atoms. The van der Waals surface area contributed by atoms with Gasteiger partial charge in [0.1, 0.15) is 6.10 Å². The van der Waals surface area contributed by atoms with Crippen molar-refractivity contribution in [1.29, 1.82) is 0 Å². The summed E-state index contributed by atoms with van der Waals surface area (Å²) in [4.78, 5) is 9.37. The molecule has 0 aliphatic rings. The van der Waals surface area contributed by atoms with Gasteiger partial charge < -0.3 is 10.2 Å². The highest BCUT2D eigenvalue weighted by molar-refractivity contribution is 5.49. The Balaban J connectivity index is 3.81. The molecule has 0 aromatic heterocycles. The normalized spacial score (nSPS) is 12.3. The SMILES string of the molecule is CC(O)C(O)=C=O. The number of aliphatic hydroxyl groups excluding tert-OH is 2. The lowest BCUT2D eigenvalue weighted by Gasteiger charge is -1.92. The summed E-state index contributed by atoms with van der Waals surface area (Å²) < 4.78 is 0. The van der Waals surface area contributed by atoms with Gasteiger partial charge in [0.2, 0.25) is 5.76 Å². The quantitative estimate of drug-likeness (QED) is 0.351. The molecule has 0 aliphatic carbocycles. The highest BCUT2D eigenvalue weighted by Crippen LogP contribution is 1.87. The highest BCUT2D eigenvalue weighted by atomic mass is 16.3. The van der Waals surface area contributed by atoms with Crippen molar-refractivity contribution in [3.63, 3.8) is 0 Å². The van der Waals surface area contributed by atoms with Crippen molar-refractivity contribution in [2.45, 2.75) is 13.0 Å². The lowest BCUT2D eigenvalue weighted by molar-refractivity contribution is 0.172. The first-order valence-electron chi connectivity index (χ1n) is 1.80. The minimum atomic E-state index is -1.09. The Labute approximate surface area is 40.9 Å². The van der Waals surface area contributed by atoms with E-state index in [0.717, 1.165) is 5.94 Å². The molecule has 3 nitrogen and oxygen atoms in total. The highest BCUT2D eigenvalue weighted by Gasteiger charge is 1.98. The molecule has 0 amide bonds. The van der Waals surface area contributed by atoms with Crippen LogP contribution in [-0.2, 0) is 4.79 Å². The molecule has 1 atom stereocenters. The second kappa shape index (κ2) is 2.39. The summed E-state index contributed by atoms with van der Waals surface area (Å²) in [5, 5.41) is 16.4. The predicted molar refractivity (Wildman–Crippen MR) is 23.5 cm³/mol. The van der Waals surface area contributed by atoms with Gasteiger partial charge in [0.25, 0.3) is 0 Å². The van der Waals surface area contributed by atoms with Crippen LogP contribution in [0.2, 0.25) is 0 Å². The van der Waals surface area contributed by atoms with Crippen LogP contribution in [0.4, 0.5) is 0 Å². The topological polar surface area (TPSA) is 57.5 Å². The molecule has 2 N–H and O–H groups in total. The first kappa shape index (κ1) is 6.21. The van der Waals surface area contributed by atoms with Crippen molar-refractivity contribution in [1.82, 2.24) is 0 Å². The lowest BCUT2D eigenvalue weighted by atomic mass is 10.4. The molecule has 0 bridgehead atoms. The summed E-state index contributed by atoms with van der Waals surface area (Å²) in [5.74, 6) is 0.484. The summed E-state index contributed by atoms with van der Waals surface area (Å²) >= 11 is 0. The first-order valence-corrected chi connectivity index (χ1v) is 1.80. The van der Waals surface area contributed by atoms with Crippen LogP contribution in [0.1, 0.15) is 6.92 Å². The fraction of sp³-hybridized carbons (Fsp3) is 0.500. The Bertz CT molecular complexity index is 99.5. The van der Waals surface area contributed by atoms with Crippen LogP contribution in [0.3, 0.4) is 0 Å². The monoisotopic (exact) mass is 102 g/mol. The third-order valence-corrected chi connectivity index (χ3v) is 0.500. The van der Waals surface area contributed by atoms with Gasteiger partial charge in [0.15, 0.2) is 5.94 Å². The van der Waals surface area contributed by atoms with Crippen molar-refractivity contribution >= 4 is 5.94 Å². The average molecular weight is 102 g/mol. The molecule has 0 radical (unpaired) electrons. The van der Waals surface area contributed by atoms with E-state index in [1.807, 2.05) is 0 Å². The molecular formula is C4H6O3. The molecule has 0 saturated carbocycles. The largest absolute Gasteiger partial charge is 0.500 e. The molecule has 3 heteroatoms. The smallest absolute Gasteiger partial charge is 0.205 e. The van der Waals surface area contributed by atoms with Gasteiger partial charge >= 0.3 is 0 Å². The fourth-order valence-electron chi connectivity index (χ4n) is 0.0853. The number of hydrogen-bond acceptors (Lipinski definition) is 3. The maximum atomic E-state index is 9.37. The second-order valence-electron chi connectivity index (χ2n) is 1.16. The summed E-state index contributed by atoms with van der Waals surface area (Å²) in [7, 11) is 0. The number of aliphatic hydroxyl groups is 2. The van der Waals surface area contributed by atoms with Gasteiger partial charge in [-0.2, -0.15) is 0 Å². The van der Waals surface area contributed by atoms with Gasteiger partial charge in [0, 0.05) is 0 Å². The second-order valence-corrected chi connectivity index (χ2v) is 1.16. The average Bonchev–Trinajstić information content (AvgIpc) is 1.65. The van der Waals surface area contributed by atoms with E-state index in [1.54, 1.807) is 0 Å². The van der Waals surface area contributed by atoms with Crippen LogP contribution < -0.4 is 0 Å². The van der Waals surface area contributed by atoms with E-state index in [9.17, 15) is 4.79 Å². The standard InChI is InChI=1S/C4H6O3/c1-3(6)4(7)2-5/h3,6-7H,1H3. The van der Waals surface area contributed by atoms with E-state index in [2.05, 4.69) is 0 Å². The van der Waals surface area contributed by atoms with Crippen LogP contribution in [0.5, 0.6) is 0 Å². The van der Waals surface area contributed by atoms with Crippen LogP contribution in [0.15, 0.2) is 5.76 Å². The van der Waals surface area contributed by atoms with Gasteiger partial charge in [-0.3, -0.25) is 0 Å². The molecule has 0 fully saturated rings. The van der Waals surface area contributed by atoms with Crippen LogP contribution in [-0.4, -0.2) is 22.3 Å². The molecule has 7 heavy (non-hydrogen) atoms. The summed E-state index contributed by atoms with van der Waals surface area (Å²) in [6.07, 6.45) is -1.09. The molecule has 0 rings (SSSR count). The van der Waals surface area contributed by atoms with Gasteiger partial charge in [-0.1, -0.05) is 0 Å². The molecule has 0 aromatic rings. The zero-order chi connectivity index (χ0) is 5.86. The van der Waals surface area contributed by atoms with E-state index >= 15 is 0 Å². The van der Waals surface area contributed by atoms with E-state index in [4.69, 9.17) is 10.2 Å². The zero-order valence-corrected chi connectivity index (χ0v) is 3.88.